The van der Waals surface area contributed by atoms with Crippen molar-refractivity contribution in [2.45, 2.75) is 74.4 Å². The highest BCUT2D eigenvalue weighted by molar-refractivity contribution is 4.98. The van der Waals surface area contributed by atoms with Gasteiger partial charge in [-0.05, 0) is 6.42 Å². The third-order valence-electron chi connectivity index (χ3n) is 4.68. The van der Waals surface area contributed by atoms with E-state index in [-0.39, 0.29) is 6.61 Å². The molecule has 10 atom stereocenters. The lowest BCUT2D eigenvalue weighted by atomic mass is 9.89. The molecule has 0 radical (unpaired) electrons. The summed E-state index contributed by atoms with van der Waals surface area (Å²) in [6, 6.07) is -1.17. The lowest BCUT2D eigenvalue weighted by Gasteiger charge is -2.43. The maximum Gasteiger partial charge on any atom is 0.186 e. The fourth-order valence-corrected chi connectivity index (χ4v) is 3.06. The number of rotatable bonds is 5. The van der Waals surface area contributed by atoms with Crippen molar-refractivity contribution in [1.82, 2.24) is 5.32 Å². The monoisotopic (exact) mass is 353 g/mol. The highest BCUT2D eigenvalue weighted by Gasteiger charge is 2.46. The Morgan fingerprint density at radius 2 is 1.42 bits per heavy atom. The molecule has 8 N–H and O–H groups in total. The van der Waals surface area contributed by atoms with Gasteiger partial charge in [0.05, 0.1) is 31.5 Å². The van der Waals surface area contributed by atoms with Gasteiger partial charge < -0.3 is 50.5 Å². The second kappa shape index (κ2) is 8.32. The first-order valence-corrected chi connectivity index (χ1v) is 8.04. The summed E-state index contributed by atoms with van der Waals surface area (Å²) >= 11 is 0. The minimum Gasteiger partial charge on any atom is -0.394 e. The molecule has 0 spiro atoms. The Morgan fingerprint density at radius 3 is 2.00 bits per heavy atom. The van der Waals surface area contributed by atoms with Gasteiger partial charge in [0, 0.05) is 6.04 Å². The molecule has 0 aromatic heterocycles. The van der Waals surface area contributed by atoms with Crippen molar-refractivity contribution in [3.8, 4) is 0 Å². The van der Waals surface area contributed by atoms with Crippen molar-refractivity contribution in [3.05, 3.63) is 0 Å². The number of nitrogens with one attached hydrogen (secondary N) is 1. The Kier molecular flexibility index (Phi) is 6.90. The molecule has 2 aliphatic heterocycles. The minimum atomic E-state index is -1.55. The van der Waals surface area contributed by atoms with E-state index in [2.05, 4.69) is 5.32 Å². The molecule has 2 aliphatic rings. The van der Waals surface area contributed by atoms with Gasteiger partial charge in [0.15, 0.2) is 6.29 Å². The molecule has 24 heavy (non-hydrogen) atoms. The summed E-state index contributed by atoms with van der Waals surface area (Å²) in [6.07, 6.45) is -10.2. The molecule has 10 heteroatoms. The molecular weight excluding hydrogens is 326 g/mol. The highest BCUT2D eigenvalue weighted by atomic mass is 16.7. The van der Waals surface area contributed by atoms with Crippen molar-refractivity contribution < 1.29 is 45.2 Å². The molecule has 2 heterocycles. The van der Waals surface area contributed by atoms with Gasteiger partial charge in [-0.1, -0.05) is 6.92 Å². The van der Waals surface area contributed by atoms with E-state index in [0.717, 1.165) is 0 Å². The summed E-state index contributed by atoms with van der Waals surface area (Å²) in [5.41, 5.74) is 0. The zero-order valence-corrected chi connectivity index (χ0v) is 13.3. The van der Waals surface area contributed by atoms with Crippen molar-refractivity contribution in [1.29, 1.82) is 0 Å². The van der Waals surface area contributed by atoms with Crippen LogP contribution in [0.2, 0.25) is 0 Å². The zero-order chi connectivity index (χ0) is 18.0. The fraction of sp³-hybridized carbons (Fsp3) is 1.00. The lowest BCUT2D eigenvalue weighted by molar-refractivity contribution is -0.304. The first-order chi connectivity index (χ1) is 11.3. The van der Waals surface area contributed by atoms with E-state index < -0.39 is 67.7 Å². The number of hydrogen-bond donors (Lipinski definition) is 8. The lowest BCUT2D eigenvalue weighted by Crippen LogP contribution is -2.66. The number of ether oxygens (including phenoxy) is 2. The smallest absolute Gasteiger partial charge is 0.186 e. The number of piperidine rings is 1. The quantitative estimate of drug-likeness (QED) is 0.241. The molecule has 142 valence electrons. The van der Waals surface area contributed by atoms with Gasteiger partial charge in [-0.3, -0.25) is 0 Å². The van der Waals surface area contributed by atoms with Crippen LogP contribution >= 0.6 is 0 Å². The first-order valence-electron chi connectivity index (χ1n) is 8.04. The largest absolute Gasteiger partial charge is 0.394 e. The normalized spacial score (nSPS) is 50.0. The van der Waals surface area contributed by atoms with E-state index in [1.807, 2.05) is 0 Å². The Hall–Kier alpha value is -0.400. The highest BCUT2D eigenvalue weighted by Crippen LogP contribution is 2.23. The van der Waals surface area contributed by atoms with E-state index in [4.69, 9.17) is 14.6 Å². The zero-order valence-electron chi connectivity index (χ0n) is 13.3. The first kappa shape index (κ1) is 19.9. The minimum absolute atomic E-state index is 0.190. The fourth-order valence-electron chi connectivity index (χ4n) is 3.06. The summed E-state index contributed by atoms with van der Waals surface area (Å²) in [7, 11) is 0. The topological polar surface area (TPSA) is 172 Å². The number of aliphatic hydroxyl groups is 7. The maximum atomic E-state index is 10.0. The van der Waals surface area contributed by atoms with Crippen LogP contribution in [0.15, 0.2) is 0 Å². The molecule has 0 aromatic carbocycles. The van der Waals surface area contributed by atoms with Gasteiger partial charge in [0.25, 0.3) is 0 Å². The molecule has 0 aliphatic carbocycles. The van der Waals surface area contributed by atoms with Gasteiger partial charge >= 0.3 is 0 Å². The summed E-state index contributed by atoms with van der Waals surface area (Å²) in [5, 5.41) is 71.1. The Labute approximate surface area is 139 Å². The Morgan fingerprint density at radius 1 is 0.833 bits per heavy atom. The van der Waals surface area contributed by atoms with Gasteiger partial charge in [0.1, 0.15) is 30.5 Å². The van der Waals surface area contributed by atoms with Crippen molar-refractivity contribution >= 4 is 0 Å². The summed E-state index contributed by atoms with van der Waals surface area (Å²) in [4.78, 5) is 0. The molecule has 0 aromatic rings. The molecule has 2 fully saturated rings. The van der Waals surface area contributed by atoms with Crippen LogP contribution in [0.1, 0.15) is 13.3 Å². The van der Waals surface area contributed by atoms with E-state index in [1.54, 1.807) is 6.92 Å². The molecule has 0 amide bonds. The van der Waals surface area contributed by atoms with Gasteiger partial charge in [-0.15, -0.1) is 0 Å². The summed E-state index contributed by atoms with van der Waals surface area (Å²) in [5.74, 6) is 0. The third-order valence-corrected chi connectivity index (χ3v) is 4.68. The molecule has 2 saturated heterocycles. The predicted octanol–water partition coefficient (Wildman–Crippen LogP) is -4.36. The van der Waals surface area contributed by atoms with Crippen LogP contribution in [0.25, 0.3) is 0 Å². The second-order valence-corrected chi connectivity index (χ2v) is 6.29. The second-order valence-electron chi connectivity index (χ2n) is 6.29. The van der Waals surface area contributed by atoms with Crippen LogP contribution in [-0.2, 0) is 9.47 Å². The molecule has 10 unspecified atom stereocenters. The van der Waals surface area contributed by atoms with Gasteiger partial charge in [0.2, 0.25) is 0 Å². The van der Waals surface area contributed by atoms with Crippen LogP contribution in [0.4, 0.5) is 0 Å². The summed E-state index contributed by atoms with van der Waals surface area (Å²) < 4.78 is 10.6. The van der Waals surface area contributed by atoms with Crippen molar-refractivity contribution in [3.63, 3.8) is 0 Å². The molecule has 0 bridgehead atoms. The van der Waals surface area contributed by atoms with Crippen LogP contribution in [0.5, 0.6) is 0 Å². The van der Waals surface area contributed by atoms with E-state index in [0.29, 0.717) is 6.42 Å². The van der Waals surface area contributed by atoms with Crippen LogP contribution < -0.4 is 5.32 Å². The number of hydrogen-bond acceptors (Lipinski definition) is 10. The van der Waals surface area contributed by atoms with Gasteiger partial charge in [-0.25, -0.2) is 0 Å². The molecule has 2 rings (SSSR count). The van der Waals surface area contributed by atoms with Crippen LogP contribution in [0, 0.1) is 0 Å². The van der Waals surface area contributed by atoms with E-state index in [1.165, 1.54) is 0 Å². The van der Waals surface area contributed by atoms with Crippen LogP contribution in [-0.4, -0.2) is 110 Å². The number of aliphatic hydroxyl groups excluding tert-OH is 7. The van der Waals surface area contributed by atoms with Crippen molar-refractivity contribution in [2.75, 3.05) is 13.2 Å². The average molecular weight is 353 g/mol. The van der Waals surface area contributed by atoms with E-state index in [9.17, 15) is 30.6 Å². The molecular formula is C14H27NO9. The third kappa shape index (κ3) is 3.88. The molecule has 10 nitrogen and oxygen atoms in total. The van der Waals surface area contributed by atoms with Crippen molar-refractivity contribution in [2.24, 2.45) is 0 Å². The summed E-state index contributed by atoms with van der Waals surface area (Å²) in [6.45, 7) is 1.04. The maximum absolute atomic E-state index is 10.0. The Bertz CT molecular complexity index is 360. The SMILES string of the molecule is CCC1NC(COC2OC(CO)C(O)C(O)C2O)C(O)C(O)C1O. The Balaban J connectivity index is 1.96. The van der Waals surface area contributed by atoms with Gasteiger partial charge in [-0.2, -0.15) is 0 Å². The van der Waals surface area contributed by atoms with E-state index >= 15 is 0 Å². The average Bonchev–Trinajstić information content (AvgIpc) is 2.58. The predicted molar refractivity (Wildman–Crippen MR) is 78.7 cm³/mol. The molecule has 0 saturated carbocycles. The standard InChI is InChI=1S/C14H27NO9/c1-2-5-8(17)11(20)9(18)6(15-5)4-23-14-13(22)12(21)10(19)7(3-16)24-14/h5-22H,2-4H2,1H3. The van der Waals surface area contributed by atoms with Crippen LogP contribution in [0.3, 0.4) is 0 Å².